The predicted molar refractivity (Wildman–Crippen MR) is 159 cm³/mol. The van der Waals surface area contributed by atoms with E-state index in [0.717, 1.165) is 31.4 Å². The number of hydrogen-bond acceptors (Lipinski definition) is 7. The first kappa shape index (κ1) is 33.0. The van der Waals surface area contributed by atoms with Crippen molar-refractivity contribution in [3.63, 3.8) is 0 Å². The molecule has 1 heterocycles. The molecule has 3 rings (SSSR count). The number of hydrogen-bond donors (Lipinski definition) is 3. The lowest BCUT2D eigenvalue weighted by Crippen LogP contribution is -2.58. The van der Waals surface area contributed by atoms with Gasteiger partial charge in [0.2, 0.25) is 17.7 Å². The molecular formula is C30H42BN5O6. The van der Waals surface area contributed by atoms with Crippen LogP contribution in [0.4, 0.5) is 5.69 Å². The number of nitrogens with zero attached hydrogens (tertiary/aromatic N) is 2. The van der Waals surface area contributed by atoms with Crippen molar-refractivity contribution in [3.8, 4) is 0 Å². The number of rotatable bonds is 18. The fraction of sp³-hybridized carbons (Fsp3) is 0.567. The predicted octanol–water partition coefficient (Wildman–Crippen LogP) is 1.82. The number of carbonyl (C=O) groups is 5. The molecule has 11 nitrogen and oxygen atoms in total. The molecule has 42 heavy (non-hydrogen) atoms. The van der Waals surface area contributed by atoms with E-state index in [-0.39, 0.29) is 30.2 Å². The number of amides is 5. The van der Waals surface area contributed by atoms with Crippen LogP contribution in [0.25, 0.3) is 0 Å². The van der Waals surface area contributed by atoms with Crippen LogP contribution >= 0.6 is 0 Å². The molecule has 1 aromatic carbocycles. The lowest BCUT2D eigenvalue weighted by atomic mass is 9.67. The van der Waals surface area contributed by atoms with Crippen molar-refractivity contribution >= 4 is 43.3 Å². The van der Waals surface area contributed by atoms with Gasteiger partial charge < -0.3 is 25.5 Å². The smallest absolute Gasteiger partial charge is 0.283 e. The summed E-state index contributed by atoms with van der Waals surface area (Å²) in [6, 6.07) is 6.29. The average Bonchev–Trinajstić information content (AvgIpc) is 3.24. The summed E-state index contributed by atoms with van der Waals surface area (Å²) in [6.45, 7) is 1.84. The van der Waals surface area contributed by atoms with E-state index in [1.807, 2.05) is 14.1 Å². The minimum atomic E-state index is -1.19. The molecule has 2 aliphatic rings. The number of imide groups is 1. The van der Waals surface area contributed by atoms with Crippen molar-refractivity contribution in [3.05, 3.63) is 42.0 Å². The van der Waals surface area contributed by atoms with Crippen molar-refractivity contribution in [2.45, 2.75) is 70.4 Å². The SMILES string of the molecule is [B]OCc1ccc(NC(=O)[C@H](CCCCN(C)C)NC(=O)C2(C(=O)NCCCCCN3C(=O)C=CC3=O)CCC2)cc1. The van der Waals surface area contributed by atoms with E-state index in [1.54, 1.807) is 24.3 Å². The molecular weight excluding hydrogens is 537 g/mol. The molecule has 1 atom stereocenters. The van der Waals surface area contributed by atoms with Gasteiger partial charge in [0, 0.05) is 30.9 Å². The second-order valence-corrected chi connectivity index (χ2v) is 11.2. The van der Waals surface area contributed by atoms with Crippen molar-refractivity contribution in [2.24, 2.45) is 5.41 Å². The van der Waals surface area contributed by atoms with Gasteiger partial charge in [0.15, 0.2) is 0 Å². The fourth-order valence-electron chi connectivity index (χ4n) is 5.03. The van der Waals surface area contributed by atoms with E-state index in [4.69, 9.17) is 8.05 Å². The number of benzene rings is 1. The van der Waals surface area contributed by atoms with Gasteiger partial charge in [-0.15, -0.1) is 0 Å². The van der Waals surface area contributed by atoms with Gasteiger partial charge in [-0.05, 0) is 89.7 Å². The van der Waals surface area contributed by atoms with E-state index >= 15 is 0 Å². The van der Waals surface area contributed by atoms with Crippen molar-refractivity contribution in [2.75, 3.05) is 39.0 Å². The summed E-state index contributed by atoms with van der Waals surface area (Å²) in [6.07, 6.45) is 8.18. The van der Waals surface area contributed by atoms with Crippen LogP contribution in [-0.2, 0) is 35.2 Å². The lowest BCUT2D eigenvalue weighted by Gasteiger charge is -2.39. The van der Waals surface area contributed by atoms with Gasteiger partial charge in [-0.25, -0.2) is 0 Å². The summed E-state index contributed by atoms with van der Waals surface area (Å²) in [5, 5.41) is 8.66. The molecule has 1 aliphatic heterocycles. The molecule has 2 radical (unpaired) electrons. The highest BCUT2D eigenvalue weighted by Crippen LogP contribution is 2.41. The van der Waals surface area contributed by atoms with Crippen molar-refractivity contribution < 1.29 is 28.6 Å². The Kier molecular flexibility index (Phi) is 12.7. The average molecular weight is 580 g/mol. The second kappa shape index (κ2) is 16.2. The highest BCUT2D eigenvalue weighted by atomic mass is 16.4. The summed E-state index contributed by atoms with van der Waals surface area (Å²) >= 11 is 0. The van der Waals surface area contributed by atoms with E-state index in [0.29, 0.717) is 57.3 Å². The van der Waals surface area contributed by atoms with Crippen LogP contribution < -0.4 is 16.0 Å². The lowest BCUT2D eigenvalue weighted by molar-refractivity contribution is -0.151. The first-order chi connectivity index (χ1) is 20.2. The Labute approximate surface area is 249 Å². The highest BCUT2D eigenvalue weighted by molar-refractivity contribution is 6.12. The van der Waals surface area contributed by atoms with Crippen LogP contribution in [0.1, 0.15) is 63.4 Å². The summed E-state index contributed by atoms with van der Waals surface area (Å²) in [7, 11) is 9.09. The monoisotopic (exact) mass is 579 g/mol. The molecule has 226 valence electrons. The van der Waals surface area contributed by atoms with Gasteiger partial charge in [0.05, 0.1) is 6.61 Å². The van der Waals surface area contributed by atoms with Crippen LogP contribution in [-0.4, -0.2) is 87.2 Å². The van der Waals surface area contributed by atoms with Gasteiger partial charge in [0.25, 0.3) is 19.9 Å². The van der Waals surface area contributed by atoms with E-state index in [2.05, 4.69) is 25.5 Å². The van der Waals surface area contributed by atoms with Crippen LogP contribution in [0.5, 0.6) is 0 Å². The van der Waals surface area contributed by atoms with Crippen LogP contribution in [0.2, 0.25) is 0 Å². The molecule has 0 aromatic heterocycles. The molecule has 1 fully saturated rings. The maximum Gasteiger partial charge on any atom is 0.283 e. The molecule has 1 saturated carbocycles. The minimum absolute atomic E-state index is 0.251. The Morgan fingerprint density at radius 2 is 1.67 bits per heavy atom. The van der Waals surface area contributed by atoms with Crippen LogP contribution in [0, 0.1) is 5.41 Å². The van der Waals surface area contributed by atoms with E-state index in [9.17, 15) is 24.0 Å². The molecule has 12 heteroatoms. The third-order valence-electron chi connectivity index (χ3n) is 7.76. The van der Waals surface area contributed by atoms with Crippen LogP contribution in [0.3, 0.4) is 0 Å². The third kappa shape index (κ3) is 9.25. The van der Waals surface area contributed by atoms with Gasteiger partial charge in [-0.3, -0.25) is 28.9 Å². The Morgan fingerprint density at radius 3 is 2.26 bits per heavy atom. The maximum absolute atomic E-state index is 13.5. The van der Waals surface area contributed by atoms with Gasteiger partial charge in [0.1, 0.15) is 11.5 Å². The molecule has 0 saturated heterocycles. The minimum Gasteiger partial charge on any atom is -0.444 e. The Bertz CT molecular complexity index is 1120. The molecule has 0 unspecified atom stereocenters. The zero-order valence-electron chi connectivity index (χ0n) is 24.7. The number of unbranched alkanes of at least 4 members (excludes halogenated alkanes) is 3. The molecule has 1 aromatic rings. The van der Waals surface area contributed by atoms with Crippen LogP contribution in [0.15, 0.2) is 36.4 Å². The first-order valence-electron chi connectivity index (χ1n) is 14.7. The normalized spacial score (nSPS) is 16.3. The number of nitrogens with one attached hydrogen (secondary N) is 3. The van der Waals surface area contributed by atoms with E-state index in [1.165, 1.54) is 17.1 Å². The summed E-state index contributed by atoms with van der Waals surface area (Å²) in [5.74, 6) is -1.69. The van der Waals surface area contributed by atoms with Crippen molar-refractivity contribution in [1.82, 2.24) is 20.4 Å². The summed E-state index contributed by atoms with van der Waals surface area (Å²) in [5.41, 5.74) is 0.252. The van der Waals surface area contributed by atoms with Gasteiger partial charge in [-0.1, -0.05) is 18.6 Å². The summed E-state index contributed by atoms with van der Waals surface area (Å²) < 4.78 is 4.64. The zero-order chi connectivity index (χ0) is 30.5. The molecule has 0 spiro atoms. The third-order valence-corrected chi connectivity index (χ3v) is 7.76. The van der Waals surface area contributed by atoms with E-state index < -0.39 is 17.4 Å². The standard InChI is InChI=1S/C30H42BN5O6/c1-35(2)19-7-4-9-24(27(39)33-23-12-10-22(11-13-23)21-42-31)34-29(41)30(16-8-17-30)28(40)32-18-5-3-6-20-36-25(37)14-15-26(36)38/h10-15,24H,3-9,16-21H2,1-2H3,(H,32,40)(H,33,39)(H,34,41)/t24-/m0/s1. The maximum atomic E-state index is 13.5. The fourth-order valence-corrected chi connectivity index (χ4v) is 5.03. The topological polar surface area (TPSA) is 137 Å². The molecule has 5 amide bonds. The van der Waals surface area contributed by atoms with Crippen molar-refractivity contribution in [1.29, 1.82) is 0 Å². The number of anilines is 1. The highest BCUT2D eigenvalue weighted by Gasteiger charge is 2.51. The molecule has 3 N–H and O–H groups in total. The summed E-state index contributed by atoms with van der Waals surface area (Å²) in [4.78, 5) is 66.5. The zero-order valence-corrected chi connectivity index (χ0v) is 24.7. The largest absolute Gasteiger partial charge is 0.444 e. The Hall–Kier alpha value is -3.51. The quantitative estimate of drug-likeness (QED) is 0.104. The molecule has 0 bridgehead atoms. The Morgan fingerprint density at radius 1 is 0.976 bits per heavy atom. The first-order valence-corrected chi connectivity index (χ1v) is 14.7. The number of carbonyl (C=O) groups excluding carboxylic acids is 5. The van der Waals surface area contributed by atoms with Gasteiger partial charge >= 0.3 is 0 Å². The second-order valence-electron chi connectivity index (χ2n) is 11.2. The molecule has 1 aliphatic carbocycles. The van der Waals surface area contributed by atoms with Gasteiger partial charge in [-0.2, -0.15) is 0 Å². The Balaban J connectivity index is 1.53.